The summed E-state index contributed by atoms with van der Waals surface area (Å²) in [5, 5.41) is 18.0. The van der Waals surface area contributed by atoms with E-state index in [4.69, 9.17) is 37.1 Å². The van der Waals surface area contributed by atoms with Crippen LogP contribution < -0.4 is 26.3 Å². The van der Waals surface area contributed by atoms with Crippen molar-refractivity contribution in [1.82, 2.24) is 20.4 Å². The summed E-state index contributed by atoms with van der Waals surface area (Å²) in [6, 6.07) is 13.8. The van der Waals surface area contributed by atoms with E-state index < -0.39 is 24.0 Å². The molecule has 53 heavy (non-hydrogen) atoms. The summed E-state index contributed by atoms with van der Waals surface area (Å²) in [5.74, 6) is -0.946. The summed E-state index contributed by atoms with van der Waals surface area (Å²) in [6.07, 6.45) is 1.12. The number of amides is 3. The van der Waals surface area contributed by atoms with Crippen LogP contribution >= 0.6 is 22.9 Å². The van der Waals surface area contributed by atoms with Crippen molar-refractivity contribution >= 4 is 40.7 Å². The fraction of sp³-hybridized carbons (Fsp3) is 0.447. The van der Waals surface area contributed by atoms with Gasteiger partial charge in [0.1, 0.15) is 24.3 Å². The lowest BCUT2D eigenvalue weighted by molar-refractivity contribution is -0.141. The Morgan fingerprint density at radius 1 is 1.17 bits per heavy atom. The van der Waals surface area contributed by atoms with Gasteiger partial charge in [-0.15, -0.1) is 11.3 Å². The Morgan fingerprint density at radius 2 is 1.94 bits per heavy atom. The molecule has 0 radical (unpaired) electrons. The minimum Gasteiger partial charge on any atom is -0.490 e. The molecule has 13 nitrogen and oxygen atoms in total. The van der Waals surface area contributed by atoms with Gasteiger partial charge in [0.25, 0.3) is 5.88 Å². The van der Waals surface area contributed by atoms with Crippen molar-refractivity contribution in [2.45, 2.75) is 83.5 Å². The molecule has 3 amide bonds. The maximum atomic E-state index is 14.0. The van der Waals surface area contributed by atoms with Crippen LogP contribution in [-0.4, -0.2) is 75.8 Å². The minimum absolute atomic E-state index is 0.0391. The molecule has 1 fully saturated rings. The molecule has 0 bridgehead atoms. The monoisotopic (exact) mass is 766 g/mol. The van der Waals surface area contributed by atoms with Crippen LogP contribution in [0.3, 0.4) is 0 Å². The molecule has 1 aliphatic rings. The van der Waals surface area contributed by atoms with Gasteiger partial charge in [-0.1, -0.05) is 61.8 Å². The van der Waals surface area contributed by atoms with Crippen LogP contribution in [-0.2, 0) is 27.3 Å². The van der Waals surface area contributed by atoms with Gasteiger partial charge in [0.05, 0.1) is 33.8 Å². The van der Waals surface area contributed by atoms with E-state index in [1.54, 1.807) is 23.5 Å². The van der Waals surface area contributed by atoms with Crippen molar-refractivity contribution in [3.63, 3.8) is 0 Å². The first-order valence-electron chi connectivity index (χ1n) is 17.7. The molecule has 5 rings (SSSR count). The van der Waals surface area contributed by atoms with E-state index in [1.165, 1.54) is 4.90 Å². The van der Waals surface area contributed by atoms with E-state index in [2.05, 4.69) is 15.5 Å². The van der Waals surface area contributed by atoms with Crippen molar-refractivity contribution in [2.24, 2.45) is 17.4 Å². The minimum atomic E-state index is -0.829. The van der Waals surface area contributed by atoms with E-state index in [-0.39, 0.29) is 62.2 Å². The molecule has 4 aromatic rings. The average Bonchev–Trinajstić information content (AvgIpc) is 3.88. The number of thiazole rings is 1. The van der Waals surface area contributed by atoms with Gasteiger partial charge in [-0.3, -0.25) is 14.4 Å². The third-order valence-corrected chi connectivity index (χ3v) is 10.5. The molecule has 0 saturated carbocycles. The number of carbonyl (C=O) groups is 3. The van der Waals surface area contributed by atoms with Gasteiger partial charge < -0.3 is 40.8 Å². The maximum Gasteiger partial charge on any atom is 0.254 e. The molecule has 0 aliphatic carbocycles. The molecule has 3 heterocycles. The molecule has 0 spiro atoms. The zero-order valence-electron chi connectivity index (χ0n) is 30.1. The number of benzene rings is 2. The highest BCUT2D eigenvalue weighted by atomic mass is 35.5. The van der Waals surface area contributed by atoms with Crippen molar-refractivity contribution in [3.05, 3.63) is 81.6 Å². The lowest BCUT2D eigenvalue weighted by Gasteiger charge is -2.28. The molecule has 2 unspecified atom stereocenters. The number of rotatable bonds is 18. The molecular formula is C38H47ClN6O7S. The predicted molar refractivity (Wildman–Crippen MR) is 202 cm³/mol. The number of halogens is 1. The quantitative estimate of drug-likeness (QED) is 0.103. The van der Waals surface area contributed by atoms with Crippen LogP contribution in [0.2, 0.25) is 5.02 Å². The molecule has 1 saturated heterocycles. The zero-order valence-corrected chi connectivity index (χ0v) is 31.7. The number of β-amino-alcohol motifs (C(OH)–C–C–N with tert-alkyl or cyclic N) is 1. The number of carbonyl (C=O) groups excluding carboxylic acids is 3. The largest absolute Gasteiger partial charge is 0.490 e. The summed E-state index contributed by atoms with van der Waals surface area (Å²) in [5.41, 5.74) is 16.8. The molecule has 2 aromatic heterocycles. The van der Waals surface area contributed by atoms with Gasteiger partial charge in [-0.25, -0.2) is 4.98 Å². The molecule has 1 aliphatic heterocycles. The van der Waals surface area contributed by atoms with Gasteiger partial charge in [-0.05, 0) is 60.0 Å². The number of nitrogens with two attached hydrogens (primary N) is 2. The SMILES string of the molecule is Cc1ncsc1-c1ccc(CNC(=O)[C@@H]2C[C@@H](O)CN2C(=O)C(c2cc(OCCCc3cccc(OCC(N)CCC(N)=O)c3Cl)no2)C(C)C)cc1. The summed E-state index contributed by atoms with van der Waals surface area (Å²) in [7, 11) is 0. The van der Waals surface area contributed by atoms with Crippen molar-refractivity contribution in [2.75, 3.05) is 19.8 Å². The summed E-state index contributed by atoms with van der Waals surface area (Å²) >= 11 is 8.17. The normalized spacial score (nSPS) is 16.8. The third-order valence-electron chi connectivity index (χ3n) is 9.14. The fourth-order valence-electron chi connectivity index (χ4n) is 6.27. The van der Waals surface area contributed by atoms with Crippen LogP contribution in [0, 0.1) is 12.8 Å². The molecule has 15 heteroatoms. The highest BCUT2D eigenvalue weighted by molar-refractivity contribution is 7.13. The van der Waals surface area contributed by atoms with E-state index in [0.717, 1.165) is 27.3 Å². The number of ether oxygens (including phenoxy) is 2. The smallest absolute Gasteiger partial charge is 0.254 e. The van der Waals surface area contributed by atoms with Gasteiger partial charge in [0, 0.05) is 38.0 Å². The Morgan fingerprint density at radius 3 is 2.64 bits per heavy atom. The van der Waals surface area contributed by atoms with Gasteiger partial charge in [-0.2, -0.15) is 0 Å². The number of aliphatic hydroxyl groups excluding tert-OH is 1. The van der Waals surface area contributed by atoms with Crippen molar-refractivity contribution in [3.8, 4) is 22.1 Å². The summed E-state index contributed by atoms with van der Waals surface area (Å²) < 4.78 is 17.3. The number of nitrogens with one attached hydrogen (secondary N) is 1. The molecular weight excluding hydrogens is 720 g/mol. The standard InChI is InChI=1S/C38H47ClN6O7S/c1-22(2)34(31-17-33(44-52-31)50-15-5-7-25-6-4-8-30(35(25)39)51-20-27(40)13-14-32(41)47)38(49)45-19-28(46)16-29(45)37(48)42-18-24-9-11-26(12-10-24)36-23(3)43-21-53-36/h4,6,8-12,17,21-22,27-29,34,46H,5,7,13-16,18-20,40H2,1-3H3,(H2,41,47)(H,42,48)/t27?,28-,29+,34?/m1/s1. The van der Waals surface area contributed by atoms with Gasteiger partial charge in [0.2, 0.25) is 17.7 Å². The third kappa shape index (κ3) is 10.6. The molecule has 2 aromatic carbocycles. The molecule has 4 atom stereocenters. The second-order valence-electron chi connectivity index (χ2n) is 13.6. The first kappa shape index (κ1) is 39.7. The van der Waals surface area contributed by atoms with Crippen molar-refractivity contribution < 1.29 is 33.5 Å². The second kappa shape index (κ2) is 18.5. The van der Waals surface area contributed by atoms with E-state index in [9.17, 15) is 19.5 Å². The summed E-state index contributed by atoms with van der Waals surface area (Å²) in [6.45, 7) is 6.58. The van der Waals surface area contributed by atoms with E-state index >= 15 is 0 Å². The van der Waals surface area contributed by atoms with Crippen LogP contribution in [0.5, 0.6) is 11.6 Å². The Balaban J connectivity index is 1.13. The predicted octanol–water partition coefficient (Wildman–Crippen LogP) is 4.76. The Bertz CT molecular complexity index is 1850. The second-order valence-corrected chi connectivity index (χ2v) is 14.9. The molecule has 284 valence electrons. The molecule has 6 N–H and O–H groups in total. The number of hydrogen-bond acceptors (Lipinski definition) is 11. The number of hydrogen-bond donors (Lipinski definition) is 4. The van der Waals surface area contributed by atoms with Crippen LogP contribution in [0.4, 0.5) is 0 Å². The van der Waals surface area contributed by atoms with E-state index in [0.29, 0.717) is 42.4 Å². The highest BCUT2D eigenvalue weighted by Crippen LogP contribution is 2.33. The topological polar surface area (TPSA) is 196 Å². The number of aliphatic hydroxyl groups is 1. The van der Waals surface area contributed by atoms with Crippen LogP contribution in [0.25, 0.3) is 10.4 Å². The first-order chi connectivity index (χ1) is 25.4. The average molecular weight is 767 g/mol. The first-order valence-corrected chi connectivity index (χ1v) is 19.0. The maximum absolute atomic E-state index is 14.0. The Labute approximate surface area is 318 Å². The number of primary amides is 1. The van der Waals surface area contributed by atoms with E-state index in [1.807, 2.05) is 62.7 Å². The van der Waals surface area contributed by atoms with Gasteiger partial charge >= 0.3 is 0 Å². The summed E-state index contributed by atoms with van der Waals surface area (Å²) in [4.78, 5) is 45.2. The van der Waals surface area contributed by atoms with Gasteiger partial charge in [0.15, 0.2) is 5.76 Å². The number of likely N-dealkylation sites (tertiary alicyclic amines) is 1. The fourth-order valence-corrected chi connectivity index (χ4v) is 7.36. The van der Waals surface area contributed by atoms with Crippen LogP contribution in [0.1, 0.15) is 68.0 Å². The highest BCUT2D eigenvalue weighted by Gasteiger charge is 2.43. The lowest BCUT2D eigenvalue weighted by atomic mass is 9.91. The Kier molecular flexibility index (Phi) is 13.9. The Hall–Kier alpha value is -4.50. The number of aryl methyl sites for hydroxylation is 2. The number of aromatic nitrogens is 2. The van der Waals surface area contributed by atoms with Crippen LogP contribution in [0.15, 0.2) is 58.6 Å². The lowest BCUT2D eigenvalue weighted by Crippen LogP contribution is -2.48. The number of nitrogens with zero attached hydrogens (tertiary/aromatic N) is 3. The van der Waals surface area contributed by atoms with Crippen molar-refractivity contribution in [1.29, 1.82) is 0 Å². The zero-order chi connectivity index (χ0) is 38.1.